The first-order valence-electron chi connectivity index (χ1n) is 8.63. The van der Waals surface area contributed by atoms with E-state index in [0.717, 1.165) is 30.6 Å². The highest BCUT2D eigenvalue weighted by molar-refractivity contribution is 7.92. The van der Waals surface area contributed by atoms with Crippen LogP contribution in [0.15, 0.2) is 15.7 Å². The van der Waals surface area contributed by atoms with E-state index in [4.69, 9.17) is 11.0 Å². The SMILES string of the molecule is N#Cc1ccsc1S(=O)(=O)NC(=O)C(N)C12CC3CC(CC(C3)C1)C2. The van der Waals surface area contributed by atoms with Crippen molar-refractivity contribution in [3.8, 4) is 6.07 Å². The Balaban J connectivity index is 1.54. The minimum absolute atomic E-state index is 0.0497. The molecule has 1 aromatic rings. The van der Waals surface area contributed by atoms with E-state index in [1.807, 2.05) is 6.07 Å². The Kier molecular flexibility index (Phi) is 3.94. The molecule has 4 aliphatic rings. The van der Waals surface area contributed by atoms with Crippen LogP contribution in [-0.2, 0) is 14.8 Å². The summed E-state index contributed by atoms with van der Waals surface area (Å²) in [6.45, 7) is 0. The number of nitrogens with zero attached hydrogens (tertiary/aromatic N) is 1. The van der Waals surface area contributed by atoms with Crippen LogP contribution in [0.5, 0.6) is 0 Å². The predicted molar refractivity (Wildman–Crippen MR) is 92.9 cm³/mol. The highest BCUT2D eigenvalue weighted by Gasteiger charge is 2.55. The summed E-state index contributed by atoms with van der Waals surface area (Å²) in [5.41, 5.74) is 6.10. The summed E-state index contributed by atoms with van der Waals surface area (Å²) in [5, 5.41) is 10.5. The summed E-state index contributed by atoms with van der Waals surface area (Å²) in [7, 11) is -4.06. The van der Waals surface area contributed by atoms with E-state index in [2.05, 4.69) is 4.72 Å². The molecule has 1 aromatic heterocycles. The molecule has 25 heavy (non-hydrogen) atoms. The molecule has 5 rings (SSSR count). The van der Waals surface area contributed by atoms with Crippen LogP contribution >= 0.6 is 11.3 Å². The maximum Gasteiger partial charge on any atom is 0.274 e. The van der Waals surface area contributed by atoms with Gasteiger partial charge in [0.1, 0.15) is 6.07 Å². The first-order chi connectivity index (χ1) is 11.8. The van der Waals surface area contributed by atoms with Crippen LogP contribution in [0.3, 0.4) is 0 Å². The molecule has 4 fully saturated rings. The molecule has 8 heteroatoms. The number of carbonyl (C=O) groups is 1. The molecule has 4 bridgehead atoms. The van der Waals surface area contributed by atoms with Gasteiger partial charge in [0.05, 0.1) is 11.6 Å². The molecule has 0 aliphatic heterocycles. The molecule has 0 saturated heterocycles. The van der Waals surface area contributed by atoms with Gasteiger partial charge in [-0.3, -0.25) is 4.79 Å². The van der Waals surface area contributed by atoms with Crippen molar-refractivity contribution in [2.24, 2.45) is 28.9 Å². The van der Waals surface area contributed by atoms with Gasteiger partial charge in [-0.25, -0.2) is 13.1 Å². The number of nitrogens with one attached hydrogen (secondary N) is 1. The third-order valence-corrected chi connectivity index (χ3v) is 9.09. The first kappa shape index (κ1) is 17.0. The van der Waals surface area contributed by atoms with Crippen molar-refractivity contribution < 1.29 is 13.2 Å². The van der Waals surface area contributed by atoms with E-state index < -0.39 is 22.0 Å². The lowest BCUT2D eigenvalue weighted by Crippen LogP contribution is -2.60. The number of amides is 1. The molecule has 0 radical (unpaired) electrons. The molecule has 0 aromatic carbocycles. The second-order valence-corrected chi connectivity index (χ2v) is 10.8. The van der Waals surface area contributed by atoms with Crippen LogP contribution in [0.4, 0.5) is 0 Å². The number of nitriles is 1. The van der Waals surface area contributed by atoms with Crippen molar-refractivity contribution in [3.63, 3.8) is 0 Å². The number of hydrogen-bond acceptors (Lipinski definition) is 6. The molecule has 3 N–H and O–H groups in total. The molecule has 6 nitrogen and oxygen atoms in total. The summed E-state index contributed by atoms with van der Waals surface area (Å²) < 4.78 is 27.0. The minimum Gasteiger partial charge on any atom is -0.319 e. The highest BCUT2D eigenvalue weighted by Crippen LogP contribution is 2.61. The van der Waals surface area contributed by atoms with Gasteiger partial charge in [0.2, 0.25) is 0 Å². The van der Waals surface area contributed by atoms with E-state index in [0.29, 0.717) is 17.8 Å². The van der Waals surface area contributed by atoms with E-state index in [1.54, 1.807) is 0 Å². The Morgan fingerprint density at radius 2 is 1.84 bits per heavy atom. The minimum atomic E-state index is -4.06. The van der Waals surface area contributed by atoms with Crippen molar-refractivity contribution in [2.75, 3.05) is 0 Å². The van der Waals surface area contributed by atoms with Crippen LogP contribution in [0.2, 0.25) is 0 Å². The van der Waals surface area contributed by atoms with Gasteiger partial charge >= 0.3 is 0 Å². The average molecular weight is 380 g/mol. The lowest BCUT2D eigenvalue weighted by molar-refractivity contribution is -0.131. The summed E-state index contributed by atoms with van der Waals surface area (Å²) in [5.74, 6) is 1.25. The monoisotopic (exact) mass is 379 g/mol. The smallest absolute Gasteiger partial charge is 0.274 e. The molecule has 1 amide bonds. The molecule has 134 valence electrons. The van der Waals surface area contributed by atoms with Gasteiger partial charge in [-0.15, -0.1) is 11.3 Å². The topological polar surface area (TPSA) is 113 Å². The van der Waals surface area contributed by atoms with Crippen molar-refractivity contribution in [1.82, 2.24) is 4.72 Å². The molecular weight excluding hydrogens is 358 g/mol. The fourth-order valence-corrected chi connectivity index (χ4v) is 7.92. The quantitative estimate of drug-likeness (QED) is 0.830. The molecule has 1 atom stereocenters. The summed E-state index contributed by atoms with van der Waals surface area (Å²) in [6.07, 6.45) is 6.47. The van der Waals surface area contributed by atoms with Crippen molar-refractivity contribution >= 4 is 27.3 Å². The van der Waals surface area contributed by atoms with Crippen LogP contribution in [0.1, 0.15) is 44.1 Å². The number of hydrogen-bond donors (Lipinski definition) is 2. The lowest BCUT2D eigenvalue weighted by atomic mass is 9.47. The molecular formula is C17H21N3O3S2. The zero-order chi connectivity index (χ0) is 17.8. The van der Waals surface area contributed by atoms with E-state index in [-0.39, 0.29) is 15.2 Å². The number of thiophene rings is 1. The standard InChI is InChI=1S/C17H21N3O3S2/c18-9-13-1-2-24-16(13)25(22,23)20-15(21)14(19)17-6-10-3-11(7-17)5-12(4-10)8-17/h1-2,10-12,14H,3-8,19H2,(H,20,21). The third-order valence-electron chi connectivity index (χ3n) is 6.26. The molecule has 4 aliphatic carbocycles. The van der Waals surface area contributed by atoms with Crippen LogP contribution in [-0.4, -0.2) is 20.4 Å². The van der Waals surface area contributed by atoms with Gasteiger partial charge in [-0.2, -0.15) is 5.26 Å². The predicted octanol–water partition coefficient (Wildman–Crippen LogP) is 1.97. The van der Waals surface area contributed by atoms with Gasteiger partial charge in [0.25, 0.3) is 15.9 Å². The van der Waals surface area contributed by atoms with Crippen molar-refractivity contribution in [3.05, 3.63) is 17.0 Å². The zero-order valence-corrected chi connectivity index (χ0v) is 15.4. The van der Waals surface area contributed by atoms with Crippen LogP contribution in [0, 0.1) is 34.5 Å². The van der Waals surface area contributed by atoms with Gasteiger partial charge < -0.3 is 5.73 Å². The Labute approximate surface area is 151 Å². The zero-order valence-electron chi connectivity index (χ0n) is 13.8. The molecule has 1 unspecified atom stereocenters. The molecule has 0 spiro atoms. The number of sulfonamides is 1. The van der Waals surface area contributed by atoms with Gasteiger partial charge in [0.15, 0.2) is 4.21 Å². The van der Waals surface area contributed by atoms with Crippen molar-refractivity contribution in [2.45, 2.75) is 48.8 Å². The highest BCUT2D eigenvalue weighted by atomic mass is 32.2. The van der Waals surface area contributed by atoms with Crippen LogP contribution in [0.25, 0.3) is 0 Å². The lowest BCUT2D eigenvalue weighted by Gasteiger charge is -2.58. The largest absolute Gasteiger partial charge is 0.319 e. The first-order valence-corrected chi connectivity index (χ1v) is 11.0. The summed E-state index contributed by atoms with van der Waals surface area (Å²) >= 11 is 0.928. The number of carbonyl (C=O) groups excluding carboxylic acids is 1. The van der Waals surface area contributed by atoms with Crippen LogP contribution < -0.4 is 10.5 Å². The Morgan fingerprint density at radius 1 is 1.28 bits per heavy atom. The maximum absolute atomic E-state index is 12.7. The van der Waals surface area contributed by atoms with Gasteiger partial charge in [-0.1, -0.05) is 0 Å². The van der Waals surface area contributed by atoms with Gasteiger partial charge in [-0.05, 0) is 73.1 Å². The third kappa shape index (κ3) is 2.78. The molecule has 1 heterocycles. The number of rotatable bonds is 4. The van der Waals surface area contributed by atoms with E-state index in [9.17, 15) is 13.2 Å². The Hall–Kier alpha value is -1.43. The number of nitrogens with two attached hydrogens (primary N) is 1. The summed E-state index contributed by atoms with van der Waals surface area (Å²) in [4.78, 5) is 12.7. The Bertz CT molecular complexity index is 817. The van der Waals surface area contributed by atoms with Gasteiger partial charge in [0, 0.05) is 0 Å². The summed E-state index contributed by atoms with van der Waals surface area (Å²) in [6, 6.07) is 2.46. The second-order valence-electron chi connectivity index (χ2n) is 7.96. The Morgan fingerprint density at radius 3 is 2.36 bits per heavy atom. The normalized spacial score (nSPS) is 34.5. The maximum atomic E-state index is 12.7. The second kappa shape index (κ2) is 5.79. The van der Waals surface area contributed by atoms with E-state index >= 15 is 0 Å². The van der Waals surface area contributed by atoms with E-state index in [1.165, 1.54) is 30.7 Å². The van der Waals surface area contributed by atoms with Crippen molar-refractivity contribution in [1.29, 1.82) is 5.26 Å². The fraction of sp³-hybridized carbons (Fsp3) is 0.647. The molecule has 4 saturated carbocycles. The average Bonchev–Trinajstić information content (AvgIpc) is 3.02. The fourth-order valence-electron chi connectivity index (χ4n) is 5.67.